The van der Waals surface area contributed by atoms with Gasteiger partial charge in [0.1, 0.15) is 0 Å². The van der Waals surface area contributed by atoms with Gasteiger partial charge in [-0.1, -0.05) is 20.3 Å². The second-order valence-electron chi connectivity index (χ2n) is 6.62. The van der Waals surface area contributed by atoms with Gasteiger partial charge in [0.05, 0.1) is 5.69 Å². The minimum absolute atomic E-state index is 0.764. The van der Waals surface area contributed by atoms with Gasteiger partial charge >= 0.3 is 0 Å². The average molecular weight is 308 g/mol. The molecule has 118 valence electrons. The number of aromatic nitrogens is 1. The van der Waals surface area contributed by atoms with Crippen LogP contribution in [0.5, 0.6) is 0 Å². The van der Waals surface area contributed by atoms with Gasteiger partial charge in [-0.25, -0.2) is 4.98 Å². The van der Waals surface area contributed by atoms with Gasteiger partial charge in [0.2, 0.25) is 0 Å². The first-order valence-electron chi connectivity index (χ1n) is 8.77. The van der Waals surface area contributed by atoms with Gasteiger partial charge in [-0.15, -0.1) is 11.3 Å². The lowest BCUT2D eigenvalue weighted by Crippen LogP contribution is -2.35. The van der Waals surface area contributed by atoms with Crippen molar-refractivity contribution in [1.29, 1.82) is 0 Å². The molecule has 2 fully saturated rings. The van der Waals surface area contributed by atoms with Crippen LogP contribution < -0.4 is 10.2 Å². The minimum Gasteiger partial charge on any atom is -0.348 e. The molecule has 4 heteroatoms. The molecule has 0 aromatic carbocycles. The summed E-state index contributed by atoms with van der Waals surface area (Å²) in [6.07, 6.45) is 7.94. The fourth-order valence-electron chi connectivity index (χ4n) is 3.24. The highest BCUT2D eigenvalue weighted by Gasteiger charge is 2.31. The number of thiazole rings is 1. The van der Waals surface area contributed by atoms with Crippen molar-refractivity contribution >= 4 is 16.5 Å². The predicted octanol–water partition coefficient (Wildman–Crippen LogP) is 4.15. The van der Waals surface area contributed by atoms with E-state index in [1.54, 1.807) is 0 Å². The molecule has 1 aromatic rings. The number of piperidine rings is 1. The molecule has 1 aliphatic heterocycles. The number of anilines is 1. The molecule has 21 heavy (non-hydrogen) atoms. The minimum atomic E-state index is 0.764. The van der Waals surface area contributed by atoms with Gasteiger partial charge < -0.3 is 10.2 Å². The van der Waals surface area contributed by atoms with Crippen LogP contribution in [0.2, 0.25) is 0 Å². The van der Waals surface area contributed by atoms with Crippen LogP contribution in [0.1, 0.15) is 68.9 Å². The topological polar surface area (TPSA) is 28.2 Å². The van der Waals surface area contributed by atoms with Crippen molar-refractivity contribution in [3.8, 4) is 0 Å². The molecule has 0 bridgehead atoms. The van der Waals surface area contributed by atoms with Crippen LogP contribution in [0.3, 0.4) is 0 Å². The molecule has 3 rings (SSSR count). The molecule has 1 unspecified atom stereocenters. The molecule has 1 saturated carbocycles. The molecular weight excluding hydrogens is 278 g/mol. The molecule has 2 heterocycles. The Morgan fingerprint density at radius 1 is 1.29 bits per heavy atom. The maximum atomic E-state index is 5.05. The Bertz CT molecular complexity index is 453. The summed E-state index contributed by atoms with van der Waals surface area (Å²) in [7, 11) is 0. The van der Waals surface area contributed by atoms with Crippen LogP contribution >= 0.6 is 11.3 Å². The SMILES string of the molecule is CCCNCc1sc(N2CCCC(CC)C2)nc1C1CC1. The second-order valence-corrected chi connectivity index (χ2v) is 7.68. The molecule has 0 spiro atoms. The van der Waals surface area contributed by atoms with E-state index in [4.69, 9.17) is 4.98 Å². The molecule has 0 amide bonds. The van der Waals surface area contributed by atoms with Crippen molar-refractivity contribution in [3.05, 3.63) is 10.6 Å². The number of hydrogen-bond donors (Lipinski definition) is 1. The van der Waals surface area contributed by atoms with E-state index in [9.17, 15) is 0 Å². The number of hydrogen-bond acceptors (Lipinski definition) is 4. The van der Waals surface area contributed by atoms with Crippen LogP contribution in [0.15, 0.2) is 0 Å². The monoisotopic (exact) mass is 307 g/mol. The summed E-state index contributed by atoms with van der Waals surface area (Å²) in [5.74, 6) is 1.63. The van der Waals surface area contributed by atoms with Crippen LogP contribution in [-0.4, -0.2) is 24.6 Å². The molecule has 1 saturated heterocycles. The molecule has 1 atom stereocenters. The third-order valence-corrected chi connectivity index (χ3v) is 5.89. The Morgan fingerprint density at radius 2 is 2.14 bits per heavy atom. The Kier molecular flexibility index (Phi) is 5.17. The van der Waals surface area contributed by atoms with Crippen molar-refractivity contribution < 1.29 is 0 Å². The first-order valence-corrected chi connectivity index (χ1v) is 9.58. The van der Waals surface area contributed by atoms with E-state index in [2.05, 4.69) is 24.1 Å². The highest BCUT2D eigenvalue weighted by molar-refractivity contribution is 7.15. The number of rotatable bonds is 7. The summed E-state index contributed by atoms with van der Waals surface area (Å²) in [6, 6.07) is 0. The Hall–Kier alpha value is -0.610. The smallest absolute Gasteiger partial charge is 0.185 e. The third kappa shape index (κ3) is 3.78. The Balaban J connectivity index is 1.71. The fraction of sp³-hybridized carbons (Fsp3) is 0.824. The van der Waals surface area contributed by atoms with Gasteiger partial charge in [-0.05, 0) is 44.6 Å². The van der Waals surface area contributed by atoms with Gasteiger partial charge in [-0.2, -0.15) is 0 Å². The lowest BCUT2D eigenvalue weighted by atomic mass is 9.96. The van der Waals surface area contributed by atoms with Crippen LogP contribution in [-0.2, 0) is 6.54 Å². The van der Waals surface area contributed by atoms with E-state index in [0.717, 1.165) is 24.9 Å². The highest BCUT2D eigenvalue weighted by atomic mass is 32.1. The number of nitrogens with zero attached hydrogens (tertiary/aromatic N) is 2. The Labute approximate surface area is 133 Å². The van der Waals surface area contributed by atoms with Crippen LogP contribution in [0.25, 0.3) is 0 Å². The maximum Gasteiger partial charge on any atom is 0.185 e. The maximum absolute atomic E-state index is 5.05. The summed E-state index contributed by atoms with van der Waals surface area (Å²) in [4.78, 5) is 9.10. The van der Waals surface area contributed by atoms with Gasteiger partial charge in [0.15, 0.2) is 5.13 Å². The summed E-state index contributed by atoms with van der Waals surface area (Å²) in [5.41, 5.74) is 1.41. The summed E-state index contributed by atoms with van der Waals surface area (Å²) >= 11 is 1.95. The van der Waals surface area contributed by atoms with E-state index in [1.807, 2.05) is 11.3 Å². The predicted molar refractivity (Wildman–Crippen MR) is 91.3 cm³/mol. The molecule has 1 N–H and O–H groups in total. The standard InChI is InChI=1S/C17H29N3S/c1-3-9-18-11-15-16(14-7-8-14)19-17(21-15)20-10-5-6-13(4-2)12-20/h13-14,18H,3-12H2,1-2H3. The summed E-state index contributed by atoms with van der Waals surface area (Å²) in [5, 5.41) is 4.86. The van der Waals surface area contributed by atoms with Gasteiger partial charge in [0, 0.05) is 30.4 Å². The second kappa shape index (κ2) is 7.10. The average Bonchev–Trinajstić information content (AvgIpc) is 3.28. The molecule has 1 aromatic heterocycles. The van der Waals surface area contributed by atoms with Crippen LogP contribution in [0.4, 0.5) is 5.13 Å². The zero-order chi connectivity index (χ0) is 14.7. The van der Waals surface area contributed by atoms with E-state index < -0.39 is 0 Å². The van der Waals surface area contributed by atoms with Gasteiger partial charge in [-0.3, -0.25) is 0 Å². The van der Waals surface area contributed by atoms with Crippen molar-refractivity contribution in [2.24, 2.45) is 5.92 Å². The first-order chi connectivity index (χ1) is 10.3. The highest BCUT2D eigenvalue weighted by Crippen LogP contribution is 2.44. The Morgan fingerprint density at radius 3 is 2.86 bits per heavy atom. The largest absolute Gasteiger partial charge is 0.348 e. The first kappa shape index (κ1) is 15.3. The van der Waals surface area contributed by atoms with E-state index >= 15 is 0 Å². The zero-order valence-corrected chi connectivity index (χ0v) is 14.3. The molecule has 3 nitrogen and oxygen atoms in total. The van der Waals surface area contributed by atoms with Crippen molar-refractivity contribution in [1.82, 2.24) is 10.3 Å². The fourth-order valence-corrected chi connectivity index (χ4v) is 4.39. The van der Waals surface area contributed by atoms with Gasteiger partial charge in [0.25, 0.3) is 0 Å². The number of nitrogens with one attached hydrogen (secondary N) is 1. The molecule has 0 radical (unpaired) electrons. The van der Waals surface area contributed by atoms with Crippen molar-refractivity contribution in [2.75, 3.05) is 24.5 Å². The van der Waals surface area contributed by atoms with E-state index in [-0.39, 0.29) is 0 Å². The molecule has 2 aliphatic rings. The lowest BCUT2D eigenvalue weighted by Gasteiger charge is -2.32. The van der Waals surface area contributed by atoms with E-state index in [1.165, 1.54) is 67.3 Å². The van der Waals surface area contributed by atoms with Crippen molar-refractivity contribution in [2.45, 2.75) is 64.8 Å². The zero-order valence-electron chi connectivity index (χ0n) is 13.5. The normalized spacial score (nSPS) is 22.8. The lowest BCUT2D eigenvalue weighted by molar-refractivity contribution is 0.404. The summed E-state index contributed by atoms with van der Waals surface area (Å²) < 4.78 is 0. The molecular formula is C17H29N3S. The van der Waals surface area contributed by atoms with E-state index in [0.29, 0.717) is 0 Å². The quantitative estimate of drug-likeness (QED) is 0.767. The third-order valence-electron chi connectivity index (χ3n) is 4.76. The van der Waals surface area contributed by atoms with Crippen LogP contribution in [0, 0.1) is 5.92 Å². The van der Waals surface area contributed by atoms with Crippen molar-refractivity contribution in [3.63, 3.8) is 0 Å². The summed E-state index contributed by atoms with van der Waals surface area (Å²) in [6.45, 7) is 9.10. The molecule has 1 aliphatic carbocycles.